The van der Waals surface area contributed by atoms with Crippen molar-refractivity contribution in [3.8, 4) is 0 Å². The minimum atomic E-state index is -0.908. The molecule has 15 heavy (non-hydrogen) atoms. The van der Waals surface area contributed by atoms with E-state index in [9.17, 15) is 13.9 Å². The predicted molar refractivity (Wildman–Crippen MR) is 53.4 cm³/mol. The summed E-state index contributed by atoms with van der Waals surface area (Å²) in [5.41, 5.74) is -0.652. The molecule has 0 aliphatic heterocycles. The van der Waals surface area contributed by atoms with Crippen molar-refractivity contribution >= 4 is 0 Å². The van der Waals surface area contributed by atoms with E-state index in [-0.39, 0.29) is 17.9 Å². The molecule has 1 aliphatic rings. The molecule has 1 aliphatic carbocycles. The van der Waals surface area contributed by atoms with Gasteiger partial charge in [-0.15, -0.1) is 0 Å². The number of hydrogen-bond donors (Lipinski definition) is 1. The van der Waals surface area contributed by atoms with Crippen LogP contribution in [-0.2, 0) is 6.42 Å². The molecule has 1 fully saturated rings. The number of hydrogen-bond acceptors (Lipinski definition) is 1. The summed E-state index contributed by atoms with van der Waals surface area (Å²) in [6.07, 6.45) is 2.13. The van der Waals surface area contributed by atoms with Crippen molar-refractivity contribution in [2.75, 3.05) is 0 Å². The molecule has 1 atom stereocenters. The highest BCUT2D eigenvalue weighted by Gasteiger charge is 2.40. The van der Waals surface area contributed by atoms with Gasteiger partial charge in [-0.05, 0) is 37.3 Å². The van der Waals surface area contributed by atoms with Crippen molar-refractivity contribution in [3.63, 3.8) is 0 Å². The molecule has 2 rings (SSSR count). The normalized spacial score (nSPS) is 20.0. The Morgan fingerprint density at radius 1 is 1.40 bits per heavy atom. The van der Waals surface area contributed by atoms with Gasteiger partial charge in [0.15, 0.2) is 11.6 Å². The first-order valence-corrected chi connectivity index (χ1v) is 5.16. The fraction of sp³-hybridized carbons (Fsp3) is 0.500. The number of halogens is 2. The van der Waals surface area contributed by atoms with Crippen LogP contribution in [0.5, 0.6) is 0 Å². The van der Waals surface area contributed by atoms with Gasteiger partial charge in [0.2, 0.25) is 0 Å². The summed E-state index contributed by atoms with van der Waals surface area (Å²) in [4.78, 5) is 0. The van der Waals surface area contributed by atoms with E-state index in [2.05, 4.69) is 0 Å². The first-order chi connectivity index (χ1) is 7.00. The third-order valence-electron chi connectivity index (χ3n) is 3.04. The highest BCUT2D eigenvalue weighted by atomic mass is 19.2. The second-order valence-corrected chi connectivity index (χ2v) is 4.52. The molecule has 82 valence electrons. The average Bonchev–Trinajstić information content (AvgIpc) is 2.95. The van der Waals surface area contributed by atoms with Crippen LogP contribution < -0.4 is 0 Å². The van der Waals surface area contributed by atoms with E-state index in [0.717, 1.165) is 18.9 Å². The summed E-state index contributed by atoms with van der Waals surface area (Å²) < 4.78 is 26.2. The Labute approximate surface area is 87.7 Å². The van der Waals surface area contributed by atoms with Gasteiger partial charge >= 0.3 is 0 Å². The van der Waals surface area contributed by atoms with Crippen molar-refractivity contribution in [3.05, 3.63) is 35.4 Å². The zero-order valence-electron chi connectivity index (χ0n) is 8.63. The fourth-order valence-electron chi connectivity index (χ4n) is 1.92. The maximum atomic E-state index is 13.3. The maximum absolute atomic E-state index is 13.3. The van der Waals surface area contributed by atoms with Crippen LogP contribution in [0.4, 0.5) is 8.78 Å². The van der Waals surface area contributed by atoms with E-state index in [1.165, 1.54) is 12.1 Å². The van der Waals surface area contributed by atoms with Crippen molar-refractivity contribution in [2.45, 2.75) is 31.8 Å². The van der Waals surface area contributed by atoms with Crippen molar-refractivity contribution < 1.29 is 13.9 Å². The van der Waals surface area contributed by atoms with Crippen LogP contribution in [0.15, 0.2) is 18.2 Å². The van der Waals surface area contributed by atoms with Gasteiger partial charge in [0.1, 0.15) is 0 Å². The van der Waals surface area contributed by atoms with Gasteiger partial charge in [-0.2, -0.15) is 0 Å². The minimum absolute atomic E-state index is 0.182. The van der Waals surface area contributed by atoms with Crippen molar-refractivity contribution in [1.82, 2.24) is 0 Å². The Bertz CT molecular complexity index is 370. The van der Waals surface area contributed by atoms with Crippen LogP contribution >= 0.6 is 0 Å². The highest BCUT2D eigenvalue weighted by molar-refractivity contribution is 5.21. The monoisotopic (exact) mass is 212 g/mol. The molecule has 3 heteroatoms. The average molecular weight is 212 g/mol. The molecule has 1 aromatic rings. The summed E-state index contributed by atoms with van der Waals surface area (Å²) in [6, 6.07) is 4.08. The van der Waals surface area contributed by atoms with E-state index >= 15 is 0 Å². The molecule has 1 nitrogen and oxygen atoms in total. The molecule has 0 radical (unpaired) electrons. The molecule has 0 spiro atoms. The second kappa shape index (κ2) is 3.56. The number of aliphatic hydroxyl groups is 1. The Morgan fingerprint density at radius 2 is 2.07 bits per heavy atom. The van der Waals surface area contributed by atoms with E-state index < -0.39 is 17.2 Å². The van der Waals surface area contributed by atoms with Gasteiger partial charge in [0.25, 0.3) is 0 Å². The molecule has 0 bridgehead atoms. The lowest BCUT2D eigenvalue weighted by Crippen LogP contribution is -2.30. The predicted octanol–water partition coefficient (Wildman–Crippen LogP) is 2.67. The van der Waals surface area contributed by atoms with Gasteiger partial charge in [0.05, 0.1) is 5.60 Å². The third-order valence-corrected chi connectivity index (χ3v) is 3.04. The van der Waals surface area contributed by atoms with Gasteiger partial charge in [-0.25, -0.2) is 8.78 Å². The van der Waals surface area contributed by atoms with Gasteiger partial charge in [-0.3, -0.25) is 0 Å². The minimum Gasteiger partial charge on any atom is -0.390 e. The van der Waals surface area contributed by atoms with E-state index in [1.54, 1.807) is 6.92 Å². The lowest BCUT2D eigenvalue weighted by Gasteiger charge is -2.23. The van der Waals surface area contributed by atoms with E-state index in [1.807, 2.05) is 0 Å². The van der Waals surface area contributed by atoms with Crippen LogP contribution in [0, 0.1) is 17.6 Å². The molecule has 1 unspecified atom stereocenters. The molecule has 0 aromatic heterocycles. The second-order valence-electron chi connectivity index (χ2n) is 4.52. The Morgan fingerprint density at radius 3 is 2.67 bits per heavy atom. The summed E-state index contributed by atoms with van der Waals surface area (Å²) in [7, 11) is 0. The zero-order chi connectivity index (χ0) is 11.1. The maximum Gasteiger partial charge on any atom is 0.162 e. The lowest BCUT2D eigenvalue weighted by molar-refractivity contribution is 0.0362. The van der Waals surface area contributed by atoms with Crippen LogP contribution in [0.2, 0.25) is 0 Å². The van der Waals surface area contributed by atoms with Crippen LogP contribution in [0.3, 0.4) is 0 Å². The SMILES string of the molecule is CC(O)(Cc1cccc(F)c1F)C1CC1. The number of rotatable bonds is 3. The smallest absolute Gasteiger partial charge is 0.162 e. The largest absolute Gasteiger partial charge is 0.390 e. The molecular weight excluding hydrogens is 198 g/mol. The molecule has 1 saturated carbocycles. The Kier molecular flexibility index (Phi) is 2.51. The number of benzene rings is 1. The summed E-state index contributed by atoms with van der Waals surface area (Å²) in [6.45, 7) is 1.69. The molecule has 1 N–H and O–H groups in total. The summed E-state index contributed by atoms with van der Waals surface area (Å²) >= 11 is 0. The van der Waals surface area contributed by atoms with Crippen molar-refractivity contribution in [1.29, 1.82) is 0 Å². The molecular formula is C12H14F2O. The van der Waals surface area contributed by atoms with Crippen LogP contribution in [0.1, 0.15) is 25.3 Å². The molecule has 1 aromatic carbocycles. The van der Waals surface area contributed by atoms with Crippen LogP contribution in [-0.4, -0.2) is 10.7 Å². The standard InChI is InChI=1S/C12H14F2O/c1-12(15,9-5-6-9)7-8-3-2-4-10(13)11(8)14/h2-4,9,15H,5-7H2,1H3. The summed E-state index contributed by atoms with van der Waals surface area (Å²) in [5.74, 6) is -1.45. The Balaban J connectivity index is 2.20. The Hall–Kier alpha value is -0.960. The quantitative estimate of drug-likeness (QED) is 0.816. The van der Waals surface area contributed by atoms with Gasteiger partial charge in [0, 0.05) is 6.42 Å². The van der Waals surface area contributed by atoms with Crippen molar-refractivity contribution in [2.24, 2.45) is 5.92 Å². The topological polar surface area (TPSA) is 20.2 Å². The summed E-state index contributed by atoms with van der Waals surface area (Å²) in [5, 5.41) is 10.0. The third kappa shape index (κ3) is 2.17. The first kappa shape index (κ1) is 10.6. The molecule has 0 saturated heterocycles. The highest BCUT2D eigenvalue weighted by Crippen LogP contribution is 2.41. The lowest BCUT2D eigenvalue weighted by atomic mass is 9.91. The van der Waals surface area contributed by atoms with Gasteiger partial charge in [-0.1, -0.05) is 12.1 Å². The fourth-order valence-corrected chi connectivity index (χ4v) is 1.92. The van der Waals surface area contributed by atoms with Gasteiger partial charge < -0.3 is 5.11 Å². The molecule has 0 amide bonds. The molecule has 0 heterocycles. The zero-order valence-corrected chi connectivity index (χ0v) is 8.63. The first-order valence-electron chi connectivity index (χ1n) is 5.16. The van der Waals surface area contributed by atoms with E-state index in [4.69, 9.17) is 0 Å². The van der Waals surface area contributed by atoms with Crippen LogP contribution in [0.25, 0.3) is 0 Å². The van der Waals surface area contributed by atoms with E-state index in [0.29, 0.717) is 0 Å².